The fraction of sp³-hybridized carbons (Fsp3) is 0.500. The van der Waals surface area contributed by atoms with Crippen LogP contribution in [0, 0.1) is 0 Å². The van der Waals surface area contributed by atoms with E-state index >= 15 is 0 Å². The van der Waals surface area contributed by atoms with Gasteiger partial charge in [0.1, 0.15) is 0 Å². The standard InChI is InChI=1S/C8H13NOS.ClH/c1-9-5-4-7(10)8-3-2-6-11-8;/h2-3,6-7,9-10H,4-5H2,1H3;1H/t7-;/m0./s1. The zero-order valence-corrected chi connectivity index (χ0v) is 8.62. The van der Waals surface area contributed by atoms with Crippen molar-refractivity contribution in [1.29, 1.82) is 0 Å². The van der Waals surface area contributed by atoms with Crippen molar-refractivity contribution >= 4 is 23.7 Å². The molecule has 2 N–H and O–H groups in total. The number of nitrogens with one attached hydrogen (secondary N) is 1. The first-order valence-electron chi connectivity index (χ1n) is 3.70. The molecule has 0 aliphatic heterocycles. The zero-order valence-electron chi connectivity index (χ0n) is 6.99. The molecule has 1 aromatic heterocycles. The number of aliphatic hydroxyl groups excluding tert-OH is 1. The summed E-state index contributed by atoms with van der Waals surface area (Å²) in [5, 5.41) is 14.5. The Balaban J connectivity index is 0.00000121. The SMILES string of the molecule is CNCC[C@H](O)c1cccs1.Cl. The average molecular weight is 208 g/mol. The van der Waals surface area contributed by atoms with Gasteiger partial charge in [-0.25, -0.2) is 0 Å². The molecule has 2 nitrogen and oxygen atoms in total. The molecule has 12 heavy (non-hydrogen) atoms. The van der Waals surface area contributed by atoms with Crippen molar-refractivity contribution in [3.8, 4) is 0 Å². The maximum Gasteiger partial charge on any atom is 0.0894 e. The number of aliphatic hydroxyl groups is 1. The Morgan fingerprint density at radius 3 is 2.92 bits per heavy atom. The van der Waals surface area contributed by atoms with E-state index in [4.69, 9.17) is 0 Å². The number of thiophene rings is 1. The predicted molar refractivity (Wildman–Crippen MR) is 55.1 cm³/mol. The van der Waals surface area contributed by atoms with E-state index < -0.39 is 0 Å². The minimum absolute atomic E-state index is 0. The van der Waals surface area contributed by atoms with Crippen LogP contribution in [0.25, 0.3) is 0 Å². The molecule has 0 amide bonds. The first kappa shape index (κ1) is 11.9. The van der Waals surface area contributed by atoms with Crippen molar-refractivity contribution in [3.05, 3.63) is 22.4 Å². The van der Waals surface area contributed by atoms with Gasteiger partial charge in [0, 0.05) is 4.88 Å². The van der Waals surface area contributed by atoms with Crippen molar-refractivity contribution in [3.63, 3.8) is 0 Å². The molecule has 0 saturated carbocycles. The third-order valence-electron chi connectivity index (χ3n) is 1.54. The van der Waals surface area contributed by atoms with Gasteiger partial charge in [-0.2, -0.15) is 0 Å². The second-order valence-corrected chi connectivity index (χ2v) is 3.40. The first-order chi connectivity index (χ1) is 5.34. The van der Waals surface area contributed by atoms with E-state index in [0.717, 1.165) is 17.8 Å². The first-order valence-corrected chi connectivity index (χ1v) is 4.58. The summed E-state index contributed by atoms with van der Waals surface area (Å²) in [6.07, 6.45) is 0.499. The molecule has 0 radical (unpaired) electrons. The third-order valence-corrected chi connectivity index (χ3v) is 2.51. The lowest BCUT2D eigenvalue weighted by atomic mass is 10.2. The van der Waals surface area contributed by atoms with Gasteiger partial charge in [-0.15, -0.1) is 23.7 Å². The number of hydrogen-bond donors (Lipinski definition) is 2. The fourth-order valence-electron chi connectivity index (χ4n) is 0.904. The summed E-state index contributed by atoms with van der Waals surface area (Å²) in [6.45, 7) is 0.860. The van der Waals surface area contributed by atoms with Gasteiger partial charge in [0.05, 0.1) is 6.10 Å². The third kappa shape index (κ3) is 3.54. The van der Waals surface area contributed by atoms with Crippen LogP contribution in [0.1, 0.15) is 17.4 Å². The summed E-state index contributed by atoms with van der Waals surface area (Å²) in [4.78, 5) is 1.06. The summed E-state index contributed by atoms with van der Waals surface area (Å²) in [5.74, 6) is 0. The smallest absolute Gasteiger partial charge is 0.0894 e. The fourth-order valence-corrected chi connectivity index (χ4v) is 1.65. The Labute approximate surface area is 83.0 Å². The van der Waals surface area contributed by atoms with Crippen LogP contribution < -0.4 is 5.32 Å². The number of rotatable bonds is 4. The van der Waals surface area contributed by atoms with Crippen LogP contribution in [-0.2, 0) is 0 Å². The monoisotopic (exact) mass is 207 g/mol. The maximum atomic E-state index is 9.51. The second-order valence-electron chi connectivity index (χ2n) is 2.42. The van der Waals surface area contributed by atoms with Crippen LogP contribution in [0.3, 0.4) is 0 Å². The summed E-state index contributed by atoms with van der Waals surface area (Å²) in [5.41, 5.74) is 0. The molecule has 4 heteroatoms. The van der Waals surface area contributed by atoms with Gasteiger partial charge in [0.25, 0.3) is 0 Å². The minimum Gasteiger partial charge on any atom is -0.388 e. The van der Waals surface area contributed by atoms with Gasteiger partial charge < -0.3 is 10.4 Å². The van der Waals surface area contributed by atoms with Crippen molar-refractivity contribution in [2.24, 2.45) is 0 Å². The van der Waals surface area contributed by atoms with E-state index in [9.17, 15) is 5.11 Å². The molecule has 1 atom stereocenters. The summed E-state index contributed by atoms with van der Waals surface area (Å²) in [7, 11) is 1.89. The highest BCUT2D eigenvalue weighted by Gasteiger charge is 2.06. The average Bonchev–Trinajstić information content (AvgIpc) is 2.52. The van der Waals surface area contributed by atoms with Gasteiger partial charge >= 0.3 is 0 Å². The van der Waals surface area contributed by atoms with Gasteiger partial charge in [-0.1, -0.05) is 6.07 Å². The van der Waals surface area contributed by atoms with Crippen molar-refractivity contribution in [1.82, 2.24) is 5.32 Å². The minimum atomic E-state index is -0.289. The molecule has 0 aliphatic carbocycles. The lowest BCUT2D eigenvalue weighted by Crippen LogP contribution is -2.11. The van der Waals surface area contributed by atoms with E-state index in [0.29, 0.717) is 0 Å². The van der Waals surface area contributed by atoms with Crippen LogP contribution in [0.4, 0.5) is 0 Å². The molecule has 0 fully saturated rings. The van der Waals surface area contributed by atoms with Crippen molar-refractivity contribution in [2.75, 3.05) is 13.6 Å². The molecular formula is C8H14ClNOS. The molecule has 0 aliphatic rings. The van der Waals surface area contributed by atoms with Gasteiger partial charge in [-0.3, -0.25) is 0 Å². The van der Waals surface area contributed by atoms with E-state index in [1.165, 1.54) is 0 Å². The highest BCUT2D eigenvalue weighted by molar-refractivity contribution is 7.10. The van der Waals surface area contributed by atoms with E-state index in [-0.39, 0.29) is 18.5 Å². The van der Waals surface area contributed by atoms with Crippen LogP contribution in [0.5, 0.6) is 0 Å². The Morgan fingerprint density at radius 2 is 2.42 bits per heavy atom. The zero-order chi connectivity index (χ0) is 8.10. The molecule has 0 bridgehead atoms. The van der Waals surface area contributed by atoms with E-state index in [2.05, 4.69) is 5.32 Å². The second kappa shape index (κ2) is 6.43. The van der Waals surface area contributed by atoms with Crippen LogP contribution in [0.15, 0.2) is 17.5 Å². The lowest BCUT2D eigenvalue weighted by molar-refractivity contribution is 0.171. The molecule has 0 aromatic carbocycles. The Bertz CT molecular complexity index is 191. The number of hydrogen-bond acceptors (Lipinski definition) is 3. The maximum absolute atomic E-state index is 9.51. The van der Waals surface area contributed by atoms with Gasteiger partial charge in [-0.05, 0) is 31.5 Å². The molecular weight excluding hydrogens is 194 g/mol. The Hall–Kier alpha value is -0.0900. The van der Waals surface area contributed by atoms with Crippen LogP contribution in [0.2, 0.25) is 0 Å². The number of halogens is 1. The van der Waals surface area contributed by atoms with Crippen LogP contribution in [-0.4, -0.2) is 18.7 Å². The van der Waals surface area contributed by atoms with Gasteiger partial charge in [0.2, 0.25) is 0 Å². The lowest BCUT2D eigenvalue weighted by Gasteiger charge is -2.06. The normalized spacial score (nSPS) is 12.2. The molecule has 0 saturated heterocycles. The molecule has 1 rings (SSSR count). The Morgan fingerprint density at radius 1 is 1.67 bits per heavy atom. The van der Waals surface area contributed by atoms with Crippen molar-refractivity contribution < 1.29 is 5.11 Å². The summed E-state index contributed by atoms with van der Waals surface area (Å²) < 4.78 is 0. The Kier molecular flexibility index (Phi) is 6.38. The van der Waals surface area contributed by atoms with E-state index in [1.807, 2.05) is 24.6 Å². The summed E-state index contributed by atoms with van der Waals surface area (Å²) >= 11 is 1.60. The topological polar surface area (TPSA) is 32.3 Å². The predicted octanol–water partition coefficient (Wildman–Crippen LogP) is 1.81. The highest BCUT2D eigenvalue weighted by atomic mass is 35.5. The molecule has 0 unspecified atom stereocenters. The molecule has 1 aromatic rings. The van der Waals surface area contributed by atoms with Gasteiger partial charge in [0.15, 0.2) is 0 Å². The largest absolute Gasteiger partial charge is 0.388 e. The van der Waals surface area contributed by atoms with Crippen LogP contribution >= 0.6 is 23.7 Å². The highest BCUT2D eigenvalue weighted by Crippen LogP contribution is 2.20. The van der Waals surface area contributed by atoms with Crippen molar-refractivity contribution in [2.45, 2.75) is 12.5 Å². The molecule has 70 valence electrons. The van der Waals surface area contributed by atoms with E-state index in [1.54, 1.807) is 11.3 Å². The molecule has 0 spiro atoms. The summed E-state index contributed by atoms with van der Waals surface area (Å²) in [6, 6.07) is 3.92. The quantitative estimate of drug-likeness (QED) is 0.790. The molecule has 1 heterocycles.